The number of halogens is 3. The number of rotatable bonds is 4. The van der Waals surface area contributed by atoms with E-state index in [9.17, 15) is 23.2 Å². The van der Waals surface area contributed by atoms with Gasteiger partial charge in [-0.3, -0.25) is 14.5 Å². The maximum atomic E-state index is 12.9. The Balaban J connectivity index is 1.56. The predicted octanol–water partition coefficient (Wildman–Crippen LogP) is 3.20. The zero-order valence-electron chi connectivity index (χ0n) is 18.2. The monoisotopic (exact) mass is 479 g/mol. The van der Waals surface area contributed by atoms with E-state index in [1.54, 1.807) is 17.8 Å². The van der Waals surface area contributed by atoms with Crippen LogP contribution < -0.4 is 5.56 Å². The van der Waals surface area contributed by atoms with Crippen LogP contribution in [0.2, 0.25) is 0 Å². The second kappa shape index (κ2) is 8.06. The van der Waals surface area contributed by atoms with Gasteiger partial charge in [-0.2, -0.15) is 33.9 Å². The number of hydrogen-bond acceptors (Lipinski definition) is 7. The molecule has 4 aromatic rings. The Labute approximate surface area is 195 Å². The minimum absolute atomic E-state index is 0.00435. The first-order chi connectivity index (χ1) is 16.7. The third-order valence-electron chi connectivity index (χ3n) is 6.27. The number of aromatic amines is 1. The van der Waals surface area contributed by atoms with E-state index in [1.165, 1.54) is 16.9 Å². The van der Waals surface area contributed by atoms with Gasteiger partial charge in [-0.05, 0) is 31.4 Å². The molecule has 0 radical (unpaired) electrons. The van der Waals surface area contributed by atoms with Crippen molar-refractivity contribution in [3.8, 4) is 12.1 Å². The number of H-pyrrole nitrogens is 1. The molecular formula is C22H16F3N9O. The van der Waals surface area contributed by atoms with E-state index in [1.807, 2.05) is 12.1 Å². The molecule has 176 valence electrons. The minimum atomic E-state index is -4.57. The summed E-state index contributed by atoms with van der Waals surface area (Å²) in [7, 11) is 0. The van der Waals surface area contributed by atoms with Crippen molar-refractivity contribution >= 4 is 11.0 Å². The van der Waals surface area contributed by atoms with Gasteiger partial charge in [0.25, 0.3) is 5.56 Å². The molecule has 10 nitrogen and oxygen atoms in total. The molecule has 0 saturated heterocycles. The number of nitrogens with one attached hydrogen (secondary N) is 1. The van der Waals surface area contributed by atoms with Gasteiger partial charge in [-0.25, -0.2) is 9.67 Å². The number of pyridine rings is 1. The van der Waals surface area contributed by atoms with Gasteiger partial charge in [-0.1, -0.05) is 6.07 Å². The van der Waals surface area contributed by atoms with Crippen LogP contribution in [-0.2, 0) is 6.18 Å². The molecule has 0 spiro atoms. The molecule has 0 bridgehead atoms. The van der Waals surface area contributed by atoms with Crippen LogP contribution in [0.5, 0.6) is 0 Å². The second-order valence-corrected chi connectivity index (χ2v) is 8.28. The lowest BCUT2D eigenvalue weighted by Crippen LogP contribution is -2.30. The van der Waals surface area contributed by atoms with Gasteiger partial charge in [0.2, 0.25) is 0 Å². The normalized spacial score (nSPS) is 18.6. The summed E-state index contributed by atoms with van der Waals surface area (Å²) in [6, 6.07) is 5.30. The lowest BCUT2D eigenvalue weighted by atomic mass is 9.79. The Morgan fingerprint density at radius 3 is 2.57 bits per heavy atom. The Morgan fingerprint density at radius 2 is 2.00 bits per heavy atom. The number of nitrogens with zero attached hydrogens (tertiary/aromatic N) is 8. The van der Waals surface area contributed by atoms with Crippen LogP contribution in [-0.4, -0.2) is 34.5 Å². The summed E-state index contributed by atoms with van der Waals surface area (Å²) >= 11 is 0. The smallest absolute Gasteiger partial charge is 0.309 e. The minimum Gasteiger partial charge on any atom is -0.309 e. The molecule has 1 fully saturated rings. The molecule has 3 atom stereocenters. The van der Waals surface area contributed by atoms with Gasteiger partial charge in [0, 0.05) is 18.3 Å². The Bertz CT molecular complexity index is 1570. The third kappa shape index (κ3) is 3.71. The lowest BCUT2D eigenvalue weighted by Gasteiger charge is -2.35. The van der Waals surface area contributed by atoms with Crippen molar-refractivity contribution in [2.24, 2.45) is 0 Å². The van der Waals surface area contributed by atoms with Gasteiger partial charge in [0.05, 0.1) is 23.8 Å². The van der Waals surface area contributed by atoms with Crippen LogP contribution >= 0.6 is 0 Å². The Kier molecular flexibility index (Phi) is 5.13. The van der Waals surface area contributed by atoms with Gasteiger partial charge < -0.3 is 4.98 Å². The average Bonchev–Trinajstić information content (AvgIpc) is 3.42. The highest BCUT2D eigenvalue weighted by atomic mass is 19.4. The van der Waals surface area contributed by atoms with Crippen LogP contribution in [0.1, 0.15) is 66.1 Å². The molecule has 1 aliphatic carbocycles. The summed E-state index contributed by atoms with van der Waals surface area (Å²) in [5, 5.41) is 27.0. The van der Waals surface area contributed by atoms with E-state index in [2.05, 4.69) is 25.1 Å². The van der Waals surface area contributed by atoms with Crippen molar-refractivity contribution in [1.29, 1.82) is 10.5 Å². The highest BCUT2D eigenvalue weighted by Gasteiger charge is 2.37. The largest absolute Gasteiger partial charge is 0.433 e. The molecule has 13 heteroatoms. The van der Waals surface area contributed by atoms with Gasteiger partial charge in [0.1, 0.15) is 29.0 Å². The van der Waals surface area contributed by atoms with Crippen LogP contribution in [0.3, 0.4) is 0 Å². The summed E-state index contributed by atoms with van der Waals surface area (Å²) in [6.07, 6.45) is 1.11. The molecule has 4 heterocycles. The fourth-order valence-electron chi connectivity index (χ4n) is 4.24. The molecule has 0 unspecified atom stereocenters. The molecule has 0 amide bonds. The summed E-state index contributed by atoms with van der Waals surface area (Å²) in [5.41, 5.74) is -0.725. The highest BCUT2D eigenvalue weighted by molar-refractivity contribution is 5.80. The van der Waals surface area contributed by atoms with Crippen molar-refractivity contribution in [2.75, 3.05) is 0 Å². The van der Waals surface area contributed by atoms with Crippen molar-refractivity contribution < 1.29 is 13.2 Å². The molecule has 0 aromatic carbocycles. The quantitative estimate of drug-likeness (QED) is 0.474. The van der Waals surface area contributed by atoms with Gasteiger partial charge >= 0.3 is 6.18 Å². The predicted molar refractivity (Wildman–Crippen MR) is 114 cm³/mol. The van der Waals surface area contributed by atoms with E-state index in [0.717, 1.165) is 25.1 Å². The van der Waals surface area contributed by atoms with Crippen LogP contribution in [0.25, 0.3) is 11.0 Å². The Morgan fingerprint density at radius 1 is 1.20 bits per heavy atom. The van der Waals surface area contributed by atoms with Crippen LogP contribution in [0, 0.1) is 22.7 Å². The van der Waals surface area contributed by atoms with Crippen molar-refractivity contribution in [2.45, 2.75) is 43.9 Å². The molecule has 35 heavy (non-hydrogen) atoms. The second-order valence-electron chi connectivity index (χ2n) is 8.28. The van der Waals surface area contributed by atoms with E-state index < -0.39 is 23.5 Å². The maximum Gasteiger partial charge on any atom is 0.433 e. The van der Waals surface area contributed by atoms with E-state index in [-0.39, 0.29) is 28.7 Å². The first kappa shape index (κ1) is 22.3. The highest BCUT2D eigenvalue weighted by Crippen LogP contribution is 2.44. The van der Waals surface area contributed by atoms with E-state index >= 15 is 0 Å². The van der Waals surface area contributed by atoms with E-state index in [0.29, 0.717) is 17.0 Å². The number of hydrogen-bond donors (Lipinski definition) is 1. The fourth-order valence-corrected chi connectivity index (χ4v) is 4.24. The van der Waals surface area contributed by atoms with Crippen LogP contribution in [0.4, 0.5) is 13.2 Å². The third-order valence-corrected chi connectivity index (χ3v) is 6.27. The summed E-state index contributed by atoms with van der Waals surface area (Å²) in [5.74, 6) is 0.201. The number of fused-ring (bicyclic) bond motifs is 1. The molecular weight excluding hydrogens is 463 g/mol. The fraction of sp³-hybridized carbons (Fsp3) is 0.318. The number of alkyl halides is 3. The standard InChI is InChI=1S/C22H16F3N9O/c1-11(13-2-5-17(28-9-13)22(23,24)25)34-20-18(15(7-27)32-34)21(35)31-19(30-20)14-3-4-16(14)33-10-12(6-26)8-29-33/h2,5,8-11,14,16H,3-4H2,1H3,(H,30,31,35)/t11-,14-,16-/m1/s1. The number of aromatic nitrogens is 7. The lowest BCUT2D eigenvalue weighted by molar-refractivity contribution is -0.141. The van der Waals surface area contributed by atoms with Crippen molar-refractivity contribution in [3.05, 3.63) is 69.4 Å². The maximum absolute atomic E-state index is 12.9. The van der Waals surface area contributed by atoms with E-state index in [4.69, 9.17) is 5.26 Å². The summed E-state index contributed by atoms with van der Waals surface area (Å²) in [6.45, 7) is 1.67. The van der Waals surface area contributed by atoms with Crippen LogP contribution in [0.15, 0.2) is 35.5 Å². The topological polar surface area (TPSA) is 142 Å². The molecule has 5 rings (SSSR count). The van der Waals surface area contributed by atoms with Crippen molar-refractivity contribution in [3.63, 3.8) is 0 Å². The molecule has 4 aromatic heterocycles. The first-order valence-corrected chi connectivity index (χ1v) is 10.6. The number of nitriles is 2. The summed E-state index contributed by atoms with van der Waals surface area (Å²) in [4.78, 5) is 23.8. The first-order valence-electron chi connectivity index (χ1n) is 10.6. The summed E-state index contributed by atoms with van der Waals surface area (Å²) < 4.78 is 41.7. The van der Waals surface area contributed by atoms with Crippen molar-refractivity contribution in [1.82, 2.24) is 34.5 Å². The zero-order valence-corrected chi connectivity index (χ0v) is 18.2. The average molecular weight is 479 g/mol. The zero-order chi connectivity index (χ0) is 24.9. The Hall–Kier alpha value is -4.52. The van der Waals surface area contributed by atoms with Gasteiger partial charge in [0.15, 0.2) is 11.3 Å². The molecule has 1 N–H and O–H groups in total. The SMILES string of the molecule is C[C@H](c1ccc(C(F)(F)F)nc1)n1nc(C#N)c2c(=O)[nH]c([C@@H]3CC[C@H]3n3cc(C#N)cn3)nc21. The molecule has 0 aliphatic heterocycles. The molecule has 1 saturated carbocycles. The van der Waals surface area contributed by atoms with Gasteiger partial charge in [-0.15, -0.1) is 0 Å². The molecule has 1 aliphatic rings.